The normalized spacial score (nSPS) is 24.2. The van der Waals surface area contributed by atoms with Crippen LogP contribution in [-0.2, 0) is 23.4 Å². The zero-order chi connectivity index (χ0) is 26.5. The first-order valence-corrected chi connectivity index (χ1v) is 13.0. The van der Waals surface area contributed by atoms with Gasteiger partial charge in [0.2, 0.25) is 0 Å². The summed E-state index contributed by atoms with van der Waals surface area (Å²) in [6.07, 6.45) is -5.04. The molecule has 2 aromatic rings. The fourth-order valence-corrected chi connectivity index (χ4v) is 5.34. The molecule has 6 atom stereocenters. The minimum atomic E-state index is -4.00. The van der Waals surface area contributed by atoms with Gasteiger partial charge in [0.1, 0.15) is 24.1 Å². The van der Waals surface area contributed by atoms with E-state index in [1.54, 1.807) is 49.7 Å². The number of aliphatic hydroxyl groups excluding tert-OH is 2. The van der Waals surface area contributed by atoms with E-state index in [1.165, 1.54) is 19.2 Å². The molecule has 1 fully saturated rings. The van der Waals surface area contributed by atoms with Gasteiger partial charge in [0.05, 0.1) is 24.8 Å². The Kier molecular flexibility index (Phi) is 9.23. The fraction of sp³-hybridized carbons (Fsp3) is 0.500. The maximum Gasteiger partial charge on any atom is 0.380 e. The maximum absolute atomic E-state index is 13.7. The van der Waals surface area contributed by atoms with Crippen molar-refractivity contribution in [3.8, 4) is 5.75 Å². The van der Waals surface area contributed by atoms with E-state index in [1.807, 2.05) is 0 Å². The van der Waals surface area contributed by atoms with Gasteiger partial charge in [0, 0.05) is 6.20 Å². The molecule has 36 heavy (non-hydrogen) atoms. The van der Waals surface area contributed by atoms with Crippen molar-refractivity contribution < 1.29 is 43.3 Å². The Morgan fingerprint density at radius 1 is 1.19 bits per heavy atom. The topological polar surface area (TPSA) is 179 Å². The number of carbonyl (C=O) groups is 1. The number of ether oxygens (including phenoxy) is 2. The zero-order valence-electron chi connectivity index (χ0n) is 20.0. The minimum Gasteiger partial charge on any atom is -0.463 e. The summed E-state index contributed by atoms with van der Waals surface area (Å²) in [4.78, 5) is 28.1. The average molecular weight is 527 g/mol. The second kappa shape index (κ2) is 12.0. The van der Waals surface area contributed by atoms with Gasteiger partial charge in [-0.2, -0.15) is 4.98 Å². The van der Waals surface area contributed by atoms with Crippen LogP contribution in [-0.4, -0.2) is 68.1 Å². The van der Waals surface area contributed by atoms with E-state index in [4.69, 9.17) is 23.7 Å². The van der Waals surface area contributed by atoms with Gasteiger partial charge >= 0.3 is 19.3 Å². The summed E-state index contributed by atoms with van der Waals surface area (Å²) in [7, 11) is -4.00. The number of hydrogen-bond acceptors (Lipinski definition) is 12. The Morgan fingerprint density at radius 3 is 2.50 bits per heavy atom. The van der Waals surface area contributed by atoms with Crippen LogP contribution in [0.5, 0.6) is 5.75 Å². The predicted octanol–water partition coefficient (Wildman–Crippen LogP) is 1.54. The lowest BCUT2D eigenvalue weighted by atomic mass is 10.1. The Bertz CT molecular complexity index is 1130. The molecule has 3 rings (SSSR count). The lowest BCUT2D eigenvalue weighted by Crippen LogP contribution is -2.36. The van der Waals surface area contributed by atoms with Crippen LogP contribution in [0.3, 0.4) is 0 Å². The maximum atomic E-state index is 13.7. The van der Waals surface area contributed by atoms with Crippen LogP contribution in [0.25, 0.3) is 0 Å². The summed E-state index contributed by atoms with van der Waals surface area (Å²) in [5, 5.41) is 29.8. The highest BCUT2D eigenvalue weighted by molar-refractivity contribution is 7.54. The van der Waals surface area contributed by atoms with Crippen LogP contribution >= 0.6 is 7.60 Å². The fourth-order valence-electron chi connectivity index (χ4n) is 3.47. The van der Waals surface area contributed by atoms with Crippen molar-refractivity contribution in [2.75, 3.05) is 18.2 Å². The van der Waals surface area contributed by atoms with Gasteiger partial charge in [-0.3, -0.25) is 24.6 Å². The van der Waals surface area contributed by atoms with E-state index in [2.05, 4.69) is 4.98 Å². The molecule has 1 saturated heterocycles. The second-order valence-electron chi connectivity index (χ2n) is 8.54. The number of para-hydroxylation sites is 1. The molecule has 0 saturated carbocycles. The summed E-state index contributed by atoms with van der Waals surface area (Å²) in [5.74, 6) is -1.29. The zero-order valence-corrected chi connectivity index (χ0v) is 20.9. The summed E-state index contributed by atoms with van der Waals surface area (Å²) in [5.41, 5.74) is 0.871. The highest BCUT2D eigenvalue weighted by Gasteiger charge is 2.45. The van der Waals surface area contributed by atoms with Crippen molar-refractivity contribution in [1.29, 1.82) is 0 Å². The third kappa shape index (κ3) is 6.90. The van der Waals surface area contributed by atoms with Crippen LogP contribution in [0, 0.1) is 5.92 Å². The Morgan fingerprint density at radius 2 is 1.89 bits per heavy atom. The van der Waals surface area contributed by atoms with Crippen LogP contribution < -0.4 is 15.7 Å². The number of aliphatic hydroxyl groups is 2. The van der Waals surface area contributed by atoms with Gasteiger partial charge in [0.25, 0.3) is 0 Å². The van der Waals surface area contributed by atoms with E-state index in [0.29, 0.717) is 0 Å². The molecule has 0 amide bonds. The molecule has 0 radical (unpaired) electrons. The number of nitrogens with zero attached hydrogens (tertiary/aromatic N) is 2. The molecule has 1 aromatic carbocycles. The lowest BCUT2D eigenvalue weighted by Gasteiger charge is -2.24. The van der Waals surface area contributed by atoms with Crippen LogP contribution in [0.15, 0.2) is 47.4 Å². The smallest absolute Gasteiger partial charge is 0.380 e. The first-order chi connectivity index (χ1) is 17.0. The molecule has 198 valence electrons. The number of aromatic nitrogens is 2. The van der Waals surface area contributed by atoms with Crippen molar-refractivity contribution in [3.05, 3.63) is 53.1 Å². The number of anilines is 1. The molecule has 0 bridgehead atoms. The highest BCUT2D eigenvalue weighted by atomic mass is 31.2. The third-order valence-electron chi connectivity index (χ3n) is 5.23. The molecule has 0 spiro atoms. The monoisotopic (exact) mass is 527 g/mol. The SMILES string of the molecule is CC(C)OC(=O)[C@H](C)CP(=O)(OC[C@H]1O[C@@H](n2ccc(NO)nc2=O)C(O)[C@H]1O)Oc1ccccc1. The molecule has 1 aromatic heterocycles. The quantitative estimate of drug-likeness (QED) is 0.188. The first-order valence-electron chi connectivity index (χ1n) is 11.2. The molecule has 4 N–H and O–H groups in total. The number of nitrogens with one attached hydrogen (secondary N) is 1. The van der Waals surface area contributed by atoms with Gasteiger partial charge in [-0.1, -0.05) is 25.1 Å². The standard InChI is InChI=1S/C22H30N3O10P/c1-13(2)33-21(28)14(3)12-36(31,35-15-7-5-4-6-8-15)32-11-16-18(26)19(27)20(34-16)25-10-9-17(24-30)23-22(25)29/h4-10,13-14,16,18-20,26-27,30H,11-12H2,1-3H3,(H,23,24,29)/t14-,16-,18+,19?,20-,36?/m1/s1. The van der Waals surface area contributed by atoms with Crippen LogP contribution in [0.2, 0.25) is 0 Å². The predicted molar refractivity (Wildman–Crippen MR) is 126 cm³/mol. The molecule has 1 aliphatic heterocycles. The van der Waals surface area contributed by atoms with Gasteiger partial charge < -0.3 is 24.2 Å². The van der Waals surface area contributed by atoms with Crippen molar-refractivity contribution in [2.45, 2.75) is 51.4 Å². The number of carbonyl (C=O) groups excluding carboxylic acids is 1. The van der Waals surface area contributed by atoms with E-state index < -0.39 is 56.3 Å². The molecule has 13 nitrogen and oxygen atoms in total. The van der Waals surface area contributed by atoms with Gasteiger partial charge in [0.15, 0.2) is 12.0 Å². The van der Waals surface area contributed by atoms with Crippen LogP contribution in [0.4, 0.5) is 5.82 Å². The molecule has 1 aliphatic rings. The molecule has 0 aliphatic carbocycles. The van der Waals surface area contributed by atoms with E-state index in [0.717, 1.165) is 4.57 Å². The number of rotatable bonds is 11. The lowest BCUT2D eigenvalue weighted by molar-refractivity contribution is -0.151. The summed E-state index contributed by atoms with van der Waals surface area (Å²) >= 11 is 0. The highest BCUT2D eigenvalue weighted by Crippen LogP contribution is 2.50. The van der Waals surface area contributed by atoms with E-state index in [9.17, 15) is 24.4 Å². The van der Waals surface area contributed by atoms with E-state index in [-0.39, 0.29) is 23.8 Å². The van der Waals surface area contributed by atoms with Gasteiger partial charge in [-0.15, -0.1) is 0 Å². The van der Waals surface area contributed by atoms with Crippen molar-refractivity contribution >= 4 is 19.4 Å². The minimum absolute atomic E-state index is 0.117. The Labute approximate surface area is 207 Å². The third-order valence-corrected chi connectivity index (χ3v) is 7.26. The van der Waals surface area contributed by atoms with Crippen molar-refractivity contribution in [2.24, 2.45) is 5.92 Å². The summed E-state index contributed by atoms with van der Waals surface area (Å²) in [6.45, 7) is 4.43. The Hall–Kier alpha value is -2.80. The second-order valence-corrected chi connectivity index (χ2v) is 10.6. The van der Waals surface area contributed by atoms with Gasteiger partial charge in [-0.05, 0) is 32.0 Å². The van der Waals surface area contributed by atoms with Crippen LogP contribution in [0.1, 0.15) is 27.0 Å². The average Bonchev–Trinajstić information content (AvgIpc) is 3.11. The number of hydrogen-bond donors (Lipinski definition) is 4. The first kappa shape index (κ1) is 27.8. The molecule has 2 unspecified atom stereocenters. The molecule has 14 heteroatoms. The molecule has 2 heterocycles. The van der Waals surface area contributed by atoms with Crippen molar-refractivity contribution in [3.63, 3.8) is 0 Å². The van der Waals surface area contributed by atoms with E-state index >= 15 is 0 Å². The molecular weight excluding hydrogens is 497 g/mol. The van der Waals surface area contributed by atoms with Crippen molar-refractivity contribution in [1.82, 2.24) is 9.55 Å². The molecular formula is C22H30N3O10P. The largest absolute Gasteiger partial charge is 0.463 e. The Balaban J connectivity index is 1.75. The summed E-state index contributed by atoms with van der Waals surface area (Å²) in [6, 6.07) is 9.48. The number of benzene rings is 1. The summed E-state index contributed by atoms with van der Waals surface area (Å²) < 4.78 is 36.6. The van der Waals surface area contributed by atoms with Gasteiger partial charge in [-0.25, -0.2) is 9.36 Å². The number of esters is 1.